The summed E-state index contributed by atoms with van der Waals surface area (Å²) in [6.07, 6.45) is 0.204. The SMILES string of the molecule is CC.CC.CC.CC.Cc1ccc2c(c1)[C@@H]2Oc1ccc2c(c1)[C@H]2C.Cc1ccc2c(c1)[C@@H]2c1ccc2c(c1)[C@H]2C. The summed E-state index contributed by atoms with van der Waals surface area (Å²) in [5.74, 6) is 2.98. The third-order valence-corrected chi connectivity index (χ3v) is 7.96. The number of benzene rings is 4. The Morgan fingerprint density at radius 1 is 0.439 bits per heavy atom. The van der Waals surface area contributed by atoms with E-state index in [1.54, 1.807) is 11.1 Å². The lowest BCUT2D eigenvalue weighted by Crippen LogP contribution is -1.89. The van der Waals surface area contributed by atoms with Gasteiger partial charge in [-0.15, -0.1) is 0 Å². The van der Waals surface area contributed by atoms with Crippen LogP contribution in [0, 0.1) is 13.8 Å². The first kappa shape index (κ1) is 32.2. The standard InChI is InChI=1S/C16H14O.C16H14.4C2H6/c1-9-3-5-13-15(7-9)16(13)17-11-4-6-12-10(2)14(12)8-11;1-9-3-5-13-15(7-9)16(13)11-4-6-12-10(2)14(12)8-11;4*1-2/h3-8,10,16H,1-2H3;3-8,10,16H,1-2H3;4*1-2H3/t2*10-,16+;;;;/m00..../s1. The predicted molar refractivity (Wildman–Crippen MR) is 179 cm³/mol. The van der Waals surface area contributed by atoms with Gasteiger partial charge in [0, 0.05) is 28.9 Å². The average molecular weight is 549 g/mol. The number of rotatable bonds is 3. The molecule has 0 aliphatic heterocycles. The molecule has 4 aliphatic carbocycles. The van der Waals surface area contributed by atoms with Crippen LogP contribution in [0.25, 0.3) is 0 Å². The Hall–Kier alpha value is -3.32. The van der Waals surface area contributed by atoms with Crippen molar-refractivity contribution in [1.29, 1.82) is 0 Å². The van der Waals surface area contributed by atoms with Crippen LogP contribution < -0.4 is 4.74 Å². The molecule has 0 N–H and O–H groups in total. The molecule has 0 saturated heterocycles. The molecule has 0 unspecified atom stereocenters. The minimum atomic E-state index is 0.204. The van der Waals surface area contributed by atoms with Crippen molar-refractivity contribution in [3.05, 3.63) is 134 Å². The molecule has 0 aromatic heterocycles. The molecular formula is C40H52O. The maximum absolute atomic E-state index is 6.01. The Bertz CT molecular complexity index is 1460. The summed E-state index contributed by atoms with van der Waals surface area (Å²) in [7, 11) is 0. The van der Waals surface area contributed by atoms with Gasteiger partial charge in [-0.05, 0) is 64.9 Å². The van der Waals surface area contributed by atoms with Gasteiger partial charge in [0.05, 0.1) is 0 Å². The van der Waals surface area contributed by atoms with Crippen molar-refractivity contribution in [3.63, 3.8) is 0 Å². The number of hydrogen-bond acceptors (Lipinski definition) is 1. The van der Waals surface area contributed by atoms with Crippen LogP contribution in [0.4, 0.5) is 0 Å². The second kappa shape index (κ2) is 14.0. The van der Waals surface area contributed by atoms with Crippen molar-refractivity contribution in [2.24, 2.45) is 0 Å². The van der Waals surface area contributed by atoms with E-state index in [9.17, 15) is 0 Å². The summed E-state index contributed by atoms with van der Waals surface area (Å²) in [6, 6.07) is 26.9. The maximum Gasteiger partial charge on any atom is 0.150 e. The van der Waals surface area contributed by atoms with Gasteiger partial charge in [-0.2, -0.15) is 0 Å². The first-order valence-electron chi connectivity index (χ1n) is 16.1. The average Bonchev–Trinajstić information content (AvgIpc) is 3.98. The Labute approximate surface area is 251 Å². The van der Waals surface area contributed by atoms with Gasteiger partial charge in [-0.3, -0.25) is 0 Å². The van der Waals surface area contributed by atoms with Crippen LogP contribution in [-0.4, -0.2) is 0 Å². The monoisotopic (exact) mass is 548 g/mol. The topological polar surface area (TPSA) is 9.23 Å². The second-order valence-corrected chi connectivity index (χ2v) is 10.3. The lowest BCUT2D eigenvalue weighted by atomic mass is 10.1. The van der Waals surface area contributed by atoms with Crippen molar-refractivity contribution in [3.8, 4) is 5.75 Å². The normalized spacial score (nSPS) is 19.2. The summed E-state index contributed by atoms with van der Waals surface area (Å²) in [5, 5.41) is 0. The Kier molecular flexibility index (Phi) is 11.0. The van der Waals surface area contributed by atoms with Crippen LogP contribution in [0.2, 0.25) is 0 Å². The van der Waals surface area contributed by atoms with Gasteiger partial charge >= 0.3 is 0 Å². The van der Waals surface area contributed by atoms with Crippen molar-refractivity contribution < 1.29 is 4.74 Å². The van der Waals surface area contributed by atoms with Gasteiger partial charge in [0.15, 0.2) is 0 Å². The van der Waals surface area contributed by atoms with Gasteiger partial charge < -0.3 is 4.74 Å². The zero-order valence-corrected chi connectivity index (χ0v) is 27.6. The predicted octanol–water partition coefficient (Wildman–Crippen LogP) is 12.0. The third kappa shape index (κ3) is 6.78. The van der Waals surface area contributed by atoms with Crippen LogP contribution in [0.5, 0.6) is 5.75 Å². The van der Waals surface area contributed by atoms with Gasteiger partial charge in [0.25, 0.3) is 0 Å². The fourth-order valence-electron chi connectivity index (χ4n) is 5.54. The maximum atomic E-state index is 6.01. The highest BCUT2D eigenvalue weighted by Crippen LogP contribution is 2.52. The second-order valence-electron chi connectivity index (χ2n) is 10.3. The highest BCUT2D eigenvalue weighted by atomic mass is 16.5. The van der Waals surface area contributed by atoms with E-state index < -0.39 is 0 Å². The molecule has 4 aliphatic rings. The number of hydrogen-bond donors (Lipinski definition) is 0. The van der Waals surface area contributed by atoms with E-state index in [1.165, 1.54) is 50.1 Å². The molecule has 0 saturated carbocycles. The van der Waals surface area contributed by atoms with Gasteiger partial charge in [0.1, 0.15) is 11.9 Å². The lowest BCUT2D eigenvalue weighted by Gasteiger charge is -2.02. The summed E-state index contributed by atoms with van der Waals surface area (Å²) in [4.78, 5) is 0. The van der Waals surface area contributed by atoms with E-state index in [4.69, 9.17) is 4.74 Å². The molecule has 0 fully saturated rings. The van der Waals surface area contributed by atoms with E-state index in [0.717, 1.165) is 11.7 Å². The molecule has 4 atom stereocenters. The first-order chi connectivity index (χ1) is 20.0. The fourth-order valence-corrected chi connectivity index (χ4v) is 5.54. The van der Waals surface area contributed by atoms with Crippen molar-refractivity contribution in [2.75, 3.05) is 0 Å². The summed E-state index contributed by atoms with van der Waals surface area (Å²) in [5.41, 5.74) is 16.0. The number of aryl methyl sites for hydroxylation is 2. The van der Waals surface area contributed by atoms with Crippen LogP contribution in [0.3, 0.4) is 0 Å². The smallest absolute Gasteiger partial charge is 0.150 e. The van der Waals surface area contributed by atoms with E-state index in [-0.39, 0.29) is 6.10 Å². The van der Waals surface area contributed by atoms with Crippen molar-refractivity contribution >= 4 is 0 Å². The largest absolute Gasteiger partial charge is 0.481 e. The third-order valence-electron chi connectivity index (χ3n) is 7.96. The zero-order valence-electron chi connectivity index (χ0n) is 27.6. The quantitative estimate of drug-likeness (QED) is 0.218. The summed E-state index contributed by atoms with van der Waals surface area (Å²) >= 11 is 0. The van der Waals surface area contributed by atoms with Crippen LogP contribution in [0.1, 0.15) is 154 Å². The molecule has 4 aromatic carbocycles. The summed E-state index contributed by atoms with van der Waals surface area (Å²) in [6.45, 7) is 24.8. The van der Waals surface area contributed by atoms with E-state index in [2.05, 4.69) is 100 Å². The molecule has 1 heteroatoms. The molecule has 4 aromatic rings. The molecule has 0 amide bonds. The number of fused-ring (bicyclic) bond motifs is 4. The van der Waals surface area contributed by atoms with E-state index >= 15 is 0 Å². The van der Waals surface area contributed by atoms with Crippen molar-refractivity contribution in [2.45, 2.75) is 107 Å². The molecule has 0 heterocycles. The van der Waals surface area contributed by atoms with Gasteiger partial charge in [-0.1, -0.05) is 141 Å². The minimum absolute atomic E-state index is 0.204. The van der Waals surface area contributed by atoms with E-state index in [0.29, 0.717) is 11.8 Å². The molecule has 0 radical (unpaired) electrons. The molecule has 8 rings (SSSR count). The van der Waals surface area contributed by atoms with Crippen LogP contribution in [0.15, 0.2) is 72.8 Å². The van der Waals surface area contributed by atoms with Crippen LogP contribution in [-0.2, 0) is 0 Å². The van der Waals surface area contributed by atoms with Gasteiger partial charge in [0.2, 0.25) is 0 Å². The number of ether oxygens (including phenoxy) is 1. The van der Waals surface area contributed by atoms with Gasteiger partial charge in [-0.25, -0.2) is 0 Å². The Balaban J connectivity index is 0.000000182. The fraction of sp³-hybridized carbons (Fsp3) is 0.400. The van der Waals surface area contributed by atoms with E-state index in [1.807, 2.05) is 55.4 Å². The lowest BCUT2D eigenvalue weighted by molar-refractivity contribution is 0.292. The molecule has 0 spiro atoms. The van der Waals surface area contributed by atoms with Crippen molar-refractivity contribution in [1.82, 2.24) is 0 Å². The molecule has 1 nitrogen and oxygen atoms in total. The molecule has 0 bridgehead atoms. The Morgan fingerprint density at radius 3 is 1.44 bits per heavy atom. The minimum Gasteiger partial charge on any atom is -0.481 e. The molecule has 218 valence electrons. The molecule has 41 heavy (non-hydrogen) atoms. The van der Waals surface area contributed by atoms with Crippen LogP contribution >= 0.6 is 0 Å². The molecular weight excluding hydrogens is 496 g/mol. The Morgan fingerprint density at radius 2 is 0.927 bits per heavy atom. The first-order valence-corrected chi connectivity index (χ1v) is 16.1. The highest BCUT2D eigenvalue weighted by molar-refractivity contribution is 5.64. The summed E-state index contributed by atoms with van der Waals surface area (Å²) < 4.78 is 6.01. The highest BCUT2D eigenvalue weighted by Gasteiger charge is 2.37. The zero-order chi connectivity index (χ0) is 30.4.